The fraction of sp³-hybridized carbons (Fsp3) is 0.438. The number of nitrogens with two attached hydrogens (primary N) is 1. The van der Waals surface area contributed by atoms with Crippen molar-refractivity contribution in [2.75, 3.05) is 0 Å². The van der Waals surface area contributed by atoms with Gasteiger partial charge in [-0.1, -0.05) is 43.5 Å². The van der Waals surface area contributed by atoms with Crippen molar-refractivity contribution in [1.82, 2.24) is 5.43 Å². The van der Waals surface area contributed by atoms with Crippen LogP contribution in [0.15, 0.2) is 29.4 Å². The summed E-state index contributed by atoms with van der Waals surface area (Å²) >= 11 is 0. The van der Waals surface area contributed by atoms with Crippen molar-refractivity contribution in [2.24, 2.45) is 10.8 Å². The van der Waals surface area contributed by atoms with Gasteiger partial charge in [-0.3, -0.25) is 9.59 Å². The van der Waals surface area contributed by atoms with Crippen LogP contribution in [0.3, 0.4) is 0 Å². The molecule has 1 saturated carbocycles. The van der Waals surface area contributed by atoms with E-state index in [1.807, 2.05) is 12.1 Å². The highest BCUT2D eigenvalue weighted by Gasteiger charge is 2.15. The number of nitrogens with zero attached hydrogens (tertiary/aromatic N) is 1. The largest absolute Gasteiger partial charge is 0.361 e. The molecule has 1 aliphatic rings. The van der Waals surface area contributed by atoms with Gasteiger partial charge in [-0.25, -0.2) is 5.43 Å². The number of carbonyl (C=O) groups excluding carboxylic acids is 2. The van der Waals surface area contributed by atoms with Crippen LogP contribution in [0.4, 0.5) is 0 Å². The average molecular weight is 287 g/mol. The highest BCUT2D eigenvalue weighted by Crippen LogP contribution is 2.32. The fourth-order valence-electron chi connectivity index (χ4n) is 2.69. The summed E-state index contributed by atoms with van der Waals surface area (Å²) in [6, 6.07) is 8.25. The second-order valence-corrected chi connectivity index (χ2v) is 5.46. The third-order valence-corrected chi connectivity index (χ3v) is 3.95. The van der Waals surface area contributed by atoms with E-state index in [9.17, 15) is 9.59 Å². The minimum atomic E-state index is -1.04. The van der Waals surface area contributed by atoms with Gasteiger partial charge in [-0.15, -0.1) is 0 Å². The zero-order valence-electron chi connectivity index (χ0n) is 12.3. The number of rotatable bonds is 3. The molecule has 0 bridgehead atoms. The Morgan fingerprint density at radius 2 is 1.76 bits per heavy atom. The van der Waals surface area contributed by atoms with Gasteiger partial charge in [0, 0.05) is 0 Å². The fourth-order valence-corrected chi connectivity index (χ4v) is 2.69. The van der Waals surface area contributed by atoms with Gasteiger partial charge in [0.1, 0.15) is 0 Å². The van der Waals surface area contributed by atoms with E-state index in [-0.39, 0.29) is 0 Å². The number of benzene rings is 1. The molecule has 0 atom stereocenters. The number of amides is 2. The third kappa shape index (κ3) is 4.15. The van der Waals surface area contributed by atoms with Crippen molar-refractivity contribution in [3.05, 3.63) is 35.4 Å². The lowest BCUT2D eigenvalue weighted by atomic mass is 9.84. The van der Waals surface area contributed by atoms with Crippen molar-refractivity contribution in [2.45, 2.75) is 44.9 Å². The van der Waals surface area contributed by atoms with Crippen LogP contribution in [0.25, 0.3) is 0 Å². The second kappa shape index (κ2) is 7.02. The summed E-state index contributed by atoms with van der Waals surface area (Å²) in [5.41, 5.74) is 9.90. The van der Waals surface area contributed by atoms with Crippen LogP contribution in [0, 0.1) is 0 Å². The summed E-state index contributed by atoms with van der Waals surface area (Å²) in [6.45, 7) is 1.77. The number of hydrogen-bond acceptors (Lipinski definition) is 3. The lowest BCUT2D eigenvalue weighted by Crippen LogP contribution is -2.33. The summed E-state index contributed by atoms with van der Waals surface area (Å²) < 4.78 is 0. The first-order valence-electron chi connectivity index (χ1n) is 7.32. The van der Waals surface area contributed by atoms with Crippen molar-refractivity contribution < 1.29 is 9.59 Å². The van der Waals surface area contributed by atoms with Crippen LogP contribution < -0.4 is 11.2 Å². The molecule has 2 rings (SSSR count). The van der Waals surface area contributed by atoms with Crippen LogP contribution in [-0.4, -0.2) is 17.5 Å². The molecule has 1 aromatic rings. The predicted octanol–water partition coefficient (Wildman–Crippen LogP) is 2.06. The molecule has 1 fully saturated rings. The Labute approximate surface area is 124 Å². The molecule has 0 spiro atoms. The zero-order chi connectivity index (χ0) is 15.2. The molecule has 112 valence electrons. The molecular weight excluding hydrogens is 266 g/mol. The molecule has 2 amide bonds. The Morgan fingerprint density at radius 3 is 2.33 bits per heavy atom. The third-order valence-electron chi connectivity index (χ3n) is 3.95. The zero-order valence-corrected chi connectivity index (χ0v) is 12.3. The summed E-state index contributed by atoms with van der Waals surface area (Å²) in [4.78, 5) is 21.7. The Bertz CT molecular complexity index is 543. The molecule has 1 aliphatic carbocycles. The second-order valence-electron chi connectivity index (χ2n) is 5.46. The minimum absolute atomic E-state index is 0.639. The smallest absolute Gasteiger partial charge is 0.329 e. The number of primary amides is 1. The first-order valence-corrected chi connectivity index (χ1v) is 7.32. The van der Waals surface area contributed by atoms with Crippen LogP contribution in [0.5, 0.6) is 0 Å². The molecule has 0 aromatic heterocycles. The predicted molar refractivity (Wildman–Crippen MR) is 81.8 cm³/mol. The normalized spacial score (nSPS) is 16.5. The Balaban J connectivity index is 2.02. The maximum atomic E-state index is 11.0. The first-order chi connectivity index (χ1) is 10.1. The number of hydrogen-bond donors (Lipinski definition) is 2. The van der Waals surface area contributed by atoms with Crippen LogP contribution in [0.2, 0.25) is 0 Å². The van der Waals surface area contributed by atoms with E-state index in [0.717, 1.165) is 5.56 Å². The van der Waals surface area contributed by atoms with E-state index in [4.69, 9.17) is 5.73 Å². The van der Waals surface area contributed by atoms with Gasteiger partial charge in [0.05, 0.1) is 5.71 Å². The van der Waals surface area contributed by atoms with E-state index < -0.39 is 11.8 Å². The van der Waals surface area contributed by atoms with Crippen molar-refractivity contribution >= 4 is 17.5 Å². The van der Waals surface area contributed by atoms with Crippen molar-refractivity contribution in [3.63, 3.8) is 0 Å². The lowest BCUT2D eigenvalue weighted by Gasteiger charge is -2.22. The molecule has 0 aliphatic heterocycles. The summed E-state index contributed by atoms with van der Waals surface area (Å²) in [7, 11) is 0. The van der Waals surface area contributed by atoms with Gasteiger partial charge >= 0.3 is 11.8 Å². The van der Waals surface area contributed by atoms with E-state index in [1.54, 1.807) is 6.92 Å². The van der Waals surface area contributed by atoms with E-state index in [0.29, 0.717) is 11.6 Å². The Morgan fingerprint density at radius 1 is 1.14 bits per heavy atom. The lowest BCUT2D eigenvalue weighted by molar-refractivity contribution is -0.137. The topological polar surface area (TPSA) is 84.6 Å². The summed E-state index contributed by atoms with van der Waals surface area (Å²) in [6.07, 6.45) is 6.50. The van der Waals surface area contributed by atoms with Crippen LogP contribution in [-0.2, 0) is 9.59 Å². The van der Waals surface area contributed by atoms with E-state index in [2.05, 4.69) is 22.7 Å². The monoisotopic (exact) mass is 287 g/mol. The van der Waals surface area contributed by atoms with Gasteiger partial charge in [0.25, 0.3) is 0 Å². The van der Waals surface area contributed by atoms with Gasteiger partial charge in [-0.05, 0) is 36.8 Å². The van der Waals surface area contributed by atoms with E-state index >= 15 is 0 Å². The minimum Gasteiger partial charge on any atom is -0.361 e. The standard InChI is InChI=1S/C16H21N3O2/c1-11(18-19-16(21)15(17)20)12-7-9-14(10-8-12)13-5-3-2-4-6-13/h7-10,13H,2-6H2,1H3,(H2,17,20)(H,19,21). The molecule has 0 heterocycles. The maximum Gasteiger partial charge on any atom is 0.329 e. The first kappa shape index (κ1) is 15.2. The van der Waals surface area contributed by atoms with E-state index in [1.165, 1.54) is 37.7 Å². The number of hydrazone groups is 1. The quantitative estimate of drug-likeness (QED) is 0.506. The summed E-state index contributed by atoms with van der Waals surface area (Å²) in [5.74, 6) is -1.29. The Kier molecular flexibility index (Phi) is 5.09. The van der Waals surface area contributed by atoms with Gasteiger partial charge in [0.2, 0.25) is 0 Å². The van der Waals surface area contributed by atoms with Crippen LogP contribution in [0.1, 0.15) is 56.1 Å². The summed E-state index contributed by atoms with van der Waals surface area (Å²) in [5, 5.41) is 3.87. The number of carbonyl (C=O) groups is 2. The highest BCUT2D eigenvalue weighted by molar-refractivity contribution is 6.34. The molecule has 5 nitrogen and oxygen atoms in total. The maximum absolute atomic E-state index is 11.0. The molecule has 0 radical (unpaired) electrons. The highest BCUT2D eigenvalue weighted by atomic mass is 16.2. The van der Waals surface area contributed by atoms with Crippen molar-refractivity contribution in [3.8, 4) is 0 Å². The average Bonchev–Trinajstić information content (AvgIpc) is 2.53. The van der Waals surface area contributed by atoms with Crippen molar-refractivity contribution in [1.29, 1.82) is 0 Å². The SMILES string of the molecule is CC(=NNC(=O)C(N)=O)c1ccc(C2CCCCC2)cc1. The molecule has 3 N–H and O–H groups in total. The molecule has 5 heteroatoms. The molecule has 21 heavy (non-hydrogen) atoms. The molecule has 1 aromatic carbocycles. The molecule has 0 unspecified atom stereocenters. The van der Waals surface area contributed by atoms with Gasteiger partial charge < -0.3 is 5.73 Å². The Hall–Kier alpha value is -2.17. The molecular formula is C16H21N3O2. The number of nitrogens with one attached hydrogen (secondary N) is 1. The van der Waals surface area contributed by atoms with Crippen LogP contribution >= 0.6 is 0 Å². The molecule has 0 saturated heterocycles. The van der Waals surface area contributed by atoms with Gasteiger partial charge in [-0.2, -0.15) is 5.10 Å². The van der Waals surface area contributed by atoms with Gasteiger partial charge in [0.15, 0.2) is 0 Å².